The van der Waals surface area contributed by atoms with E-state index in [9.17, 15) is 0 Å². The summed E-state index contributed by atoms with van der Waals surface area (Å²) in [4.78, 5) is 10.5. The molecule has 13 rings (SSSR count). The van der Waals surface area contributed by atoms with E-state index in [-0.39, 0.29) is 0 Å². The lowest BCUT2D eigenvalue weighted by Crippen LogP contribution is -1.94. The highest BCUT2D eigenvalue weighted by Gasteiger charge is 2.20. The lowest BCUT2D eigenvalue weighted by atomic mass is 9.83. The van der Waals surface area contributed by atoms with Gasteiger partial charge >= 0.3 is 0 Å². The van der Waals surface area contributed by atoms with Crippen molar-refractivity contribution < 1.29 is 0 Å². The molecule has 0 aliphatic carbocycles. The third-order valence-corrected chi connectivity index (χ3v) is 14.3. The molecular formula is C72H48N2. The van der Waals surface area contributed by atoms with Gasteiger partial charge in [-0.3, -0.25) is 0 Å². The van der Waals surface area contributed by atoms with Crippen LogP contribution in [0.15, 0.2) is 291 Å². The Bertz CT molecular complexity index is 3830. The molecule has 0 unspecified atom stereocenters. The molecule has 2 aromatic heterocycles. The summed E-state index contributed by atoms with van der Waals surface area (Å²) in [6.07, 6.45) is 0. The summed E-state index contributed by atoms with van der Waals surface area (Å²) in [5.41, 5.74) is 22.2. The van der Waals surface area contributed by atoms with Crippen LogP contribution in [0.5, 0.6) is 0 Å². The highest BCUT2D eigenvalue weighted by Crippen LogP contribution is 2.46. The van der Waals surface area contributed by atoms with Crippen molar-refractivity contribution in [2.75, 3.05) is 0 Å². The van der Waals surface area contributed by atoms with Crippen LogP contribution in [0.25, 0.3) is 133 Å². The minimum absolute atomic E-state index is 0.959. The van der Waals surface area contributed by atoms with Crippen molar-refractivity contribution in [2.24, 2.45) is 0 Å². The standard InChI is InChI=1S/C72H48N2/c1-7-19-53(20-8-1)67-45-43-61(71(73-67)57-27-15-5-16-28-57)51-35-31-49(32-36-51)59-39-41-63-65(47-59)69(55-23-11-3-12-24-55)64-42-40-60(48-66(64)70(63)56-25-13-4-14-26-56)50-33-37-52(38-34-50)62-44-46-68(54-21-9-2-10-22-54)74-72(62)58-29-17-6-18-30-58/h1-48H. The molecule has 74 heavy (non-hydrogen) atoms. The topological polar surface area (TPSA) is 25.8 Å². The number of nitrogens with zero attached hydrogens (tertiary/aromatic N) is 2. The second-order valence-corrected chi connectivity index (χ2v) is 18.8. The van der Waals surface area contributed by atoms with Crippen LogP contribution < -0.4 is 0 Å². The summed E-state index contributed by atoms with van der Waals surface area (Å²) >= 11 is 0. The van der Waals surface area contributed by atoms with Gasteiger partial charge in [0.25, 0.3) is 0 Å². The second-order valence-electron chi connectivity index (χ2n) is 18.8. The normalized spacial score (nSPS) is 11.2. The summed E-state index contributed by atoms with van der Waals surface area (Å²) in [6.45, 7) is 0. The highest BCUT2D eigenvalue weighted by atomic mass is 14.7. The van der Waals surface area contributed by atoms with Crippen molar-refractivity contribution in [3.8, 4) is 112 Å². The van der Waals surface area contributed by atoms with E-state index in [0.29, 0.717) is 0 Å². The van der Waals surface area contributed by atoms with E-state index < -0.39 is 0 Å². The van der Waals surface area contributed by atoms with Crippen LogP contribution in [-0.4, -0.2) is 9.97 Å². The largest absolute Gasteiger partial charge is 0.247 e. The highest BCUT2D eigenvalue weighted by molar-refractivity contribution is 6.22. The molecule has 11 aromatic carbocycles. The van der Waals surface area contributed by atoms with Gasteiger partial charge in [-0.2, -0.15) is 0 Å². The van der Waals surface area contributed by atoms with Crippen LogP contribution in [0.1, 0.15) is 0 Å². The molecule has 0 fully saturated rings. The maximum absolute atomic E-state index is 5.26. The molecule has 13 aromatic rings. The SMILES string of the molecule is c1ccc(-c2ccc(-c3ccc(-c4ccc5c(-c6ccccc6)c6cc(-c7ccc(-c8ccc(-c9ccccc9)nc8-c8ccccc8)cc7)ccc6c(-c6ccccc6)c5c4)cc3)c(-c3ccccc3)n2)cc1. The molecule has 2 nitrogen and oxygen atoms in total. The molecule has 0 radical (unpaired) electrons. The van der Waals surface area contributed by atoms with E-state index in [0.717, 1.165) is 89.5 Å². The Morgan fingerprint density at radius 2 is 0.459 bits per heavy atom. The van der Waals surface area contributed by atoms with E-state index in [2.05, 4.69) is 279 Å². The fraction of sp³-hybridized carbons (Fsp3) is 0. The summed E-state index contributed by atoms with van der Waals surface area (Å²) in [7, 11) is 0. The predicted molar refractivity (Wildman–Crippen MR) is 311 cm³/mol. The molecule has 0 aliphatic rings. The van der Waals surface area contributed by atoms with Crippen LogP contribution in [0, 0.1) is 0 Å². The Hall–Kier alpha value is -9.76. The maximum atomic E-state index is 5.26. The van der Waals surface area contributed by atoms with E-state index in [1.54, 1.807) is 0 Å². The molecule has 0 aliphatic heterocycles. The molecule has 0 saturated carbocycles. The van der Waals surface area contributed by atoms with Gasteiger partial charge in [0.1, 0.15) is 0 Å². The number of rotatable bonds is 10. The third-order valence-electron chi connectivity index (χ3n) is 14.3. The molecule has 0 spiro atoms. The quantitative estimate of drug-likeness (QED) is 0.128. The van der Waals surface area contributed by atoms with Gasteiger partial charge < -0.3 is 0 Å². The molecule has 2 heteroatoms. The van der Waals surface area contributed by atoms with Gasteiger partial charge in [0.05, 0.1) is 22.8 Å². The number of hydrogen-bond acceptors (Lipinski definition) is 2. The zero-order valence-corrected chi connectivity index (χ0v) is 40.6. The van der Waals surface area contributed by atoms with Crippen LogP contribution in [0.4, 0.5) is 0 Å². The van der Waals surface area contributed by atoms with E-state index in [4.69, 9.17) is 9.97 Å². The maximum Gasteiger partial charge on any atom is 0.0787 e. The number of benzene rings is 11. The van der Waals surface area contributed by atoms with Crippen molar-refractivity contribution >= 4 is 21.5 Å². The van der Waals surface area contributed by atoms with E-state index >= 15 is 0 Å². The van der Waals surface area contributed by atoms with Crippen molar-refractivity contribution in [3.05, 3.63) is 291 Å². The van der Waals surface area contributed by atoms with Crippen LogP contribution in [0.2, 0.25) is 0 Å². The lowest BCUT2D eigenvalue weighted by molar-refractivity contribution is 1.32. The Morgan fingerprint density at radius 3 is 0.797 bits per heavy atom. The van der Waals surface area contributed by atoms with Gasteiger partial charge in [0.2, 0.25) is 0 Å². The molecule has 2 heterocycles. The molecule has 0 bridgehead atoms. The smallest absolute Gasteiger partial charge is 0.0787 e. The van der Waals surface area contributed by atoms with E-state index in [1.807, 2.05) is 12.1 Å². The van der Waals surface area contributed by atoms with Gasteiger partial charge in [-0.15, -0.1) is 0 Å². The molecule has 0 saturated heterocycles. The number of fused-ring (bicyclic) bond motifs is 2. The first kappa shape index (κ1) is 44.2. The molecule has 0 N–H and O–H groups in total. The zero-order chi connectivity index (χ0) is 49.2. The third kappa shape index (κ3) is 8.45. The Balaban J connectivity index is 0.916. The monoisotopic (exact) mass is 940 g/mol. The minimum Gasteiger partial charge on any atom is -0.247 e. The predicted octanol–water partition coefficient (Wildman–Crippen LogP) is 19.5. The lowest BCUT2D eigenvalue weighted by Gasteiger charge is -2.20. The Kier molecular flexibility index (Phi) is 11.6. The fourth-order valence-electron chi connectivity index (χ4n) is 10.7. The summed E-state index contributed by atoms with van der Waals surface area (Å²) in [6, 6.07) is 104. The number of aromatic nitrogens is 2. The first-order chi connectivity index (χ1) is 36.7. The average Bonchev–Trinajstić information content (AvgIpc) is 3.49. The summed E-state index contributed by atoms with van der Waals surface area (Å²) in [5, 5.41) is 4.86. The summed E-state index contributed by atoms with van der Waals surface area (Å²) in [5.74, 6) is 0. The van der Waals surface area contributed by atoms with Crippen LogP contribution >= 0.6 is 0 Å². The van der Waals surface area contributed by atoms with Gasteiger partial charge in [0, 0.05) is 33.4 Å². The van der Waals surface area contributed by atoms with Gasteiger partial charge in [-0.25, -0.2) is 9.97 Å². The Morgan fingerprint density at radius 1 is 0.176 bits per heavy atom. The van der Waals surface area contributed by atoms with Crippen LogP contribution in [0.3, 0.4) is 0 Å². The molecule has 0 atom stereocenters. The fourth-order valence-corrected chi connectivity index (χ4v) is 10.7. The second kappa shape index (κ2) is 19.4. The summed E-state index contributed by atoms with van der Waals surface area (Å²) < 4.78 is 0. The molecule has 346 valence electrons. The van der Waals surface area contributed by atoms with Gasteiger partial charge in [0.15, 0.2) is 0 Å². The number of pyridine rings is 2. The van der Waals surface area contributed by atoms with Gasteiger partial charge in [-0.1, -0.05) is 267 Å². The van der Waals surface area contributed by atoms with Crippen molar-refractivity contribution in [1.82, 2.24) is 9.97 Å². The Labute approximate surface area is 432 Å². The average molecular weight is 941 g/mol. The van der Waals surface area contributed by atoms with Crippen molar-refractivity contribution in [3.63, 3.8) is 0 Å². The zero-order valence-electron chi connectivity index (χ0n) is 40.6. The first-order valence-corrected chi connectivity index (χ1v) is 25.3. The van der Waals surface area contributed by atoms with Crippen molar-refractivity contribution in [2.45, 2.75) is 0 Å². The van der Waals surface area contributed by atoms with Gasteiger partial charge in [-0.05, 0) is 101 Å². The van der Waals surface area contributed by atoms with Crippen molar-refractivity contribution in [1.29, 1.82) is 0 Å². The van der Waals surface area contributed by atoms with Crippen LogP contribution in [-0.2, 0) is 0 Å². The molecular weight excluding hydrogens is 893 g/mol. The number of hydrogen-bond donors (Lipinski definition) is 0. The van der Waals surface area contributed by atoms with E-state index in [1.165, 1.54) is 43.8 Å². The molecule has 0 amide bonds. The first-order valence-electron chi connectivity index (χ1n) is 25.3. The minimum atomic E-state index is 0.959.